The Bertz CT molecular complexity index is 445. The number of carbonyl (C=O) groups is 1. The minimum atomic E-state index is -0.510. The normalized spacial score (nSPS) is 9.53. The molecule has 0 bridgehead atoms. The zero-order valence-corrected chi connectivity index (χ0v) is 10.5. The van der Waals surface area contributed by atoms with E-state index in [0.29, 0.717) is 5.56 Å². The van der Waals surface area contributed by atoms with Gasteiger partial charge in [-0.15, -0.1) is 0 Å². The molecule has 0 spiro atoms. The van der Waals surface area contributed by atoms with E-state index >= 15 is 0 Å². The van der Waals surface area contributed by atoms with Crippen LogP contribution in [0.5, 0.6) is 5.75 Å². The summed E-state index contributed by atoms with van der Waals surface area (Å²) in [5, 5.41) is 9.04. The maximum absolute atomic E-state index is 11.1. The molecule has 1 aromatic rings. The third kappa shape index (κ3) is 3.81. The molecule has 0 amide bonds. The number of benzene rings is 1. The summed E-state index contributed by atoms with van der Waals surface area (Å²) in [5.74, 6) is -0.343. The van der Waals surface area contributed by atoms with Gasteiger partial charge in [-0.25, -0.2) is 4.79 Å². The Morgan fingerprint density at radius 2 is 2.00 bits per heavy atom. The molecule has 0 atom stereocenters. The highest BCUT2D eigenvalue weighted by Gasteiger charge is 2.12. The molecule has 0 unspecified atom stereocenters. The number of nitrogens with zero attached hydrogens (tertiary/aromatic N) is 1. The molecule has 17 heavy (non-hydrogen) atoms. The number of carbonyl (C=O) groups excluding carboxylic acids is 1. The van der Waals surface area contributed by atoms with Gasteiger partial charge >= 0.3 is 5.97 Å². The summed E-state index contributed by atoms with van der Waals surface area (Å²) < 4.78 is 9.82. The van der Waals surface area contributed by atoms with Crippen molar-refractivity contribution in [3.63, 3.8) is 0 Å². The number of esters is 1. The Labute approximate surface area is 109 Å². The van der Waals surface area contributed by atoms with E-state index in [2.05, 4.69) is 4.74 Å². The fourth-order valence-electron chi connectivity index (χ4n) is 1.10. The molecule has 0 radical (unpaired) electrons. The van der Waals surface area contributed by atoms with Crippen molar-refractivity contribution in [3.05, 3.63) is 27.7 Å². The summed E-state index contributed by atoms with van der Waals surface area (Å²) in [5.41, 5.74) is 0.323. The fraction of sp³-hybridized carbons (Fsp3) is 0.273. The van der Waals surface area contributed by atoms with Crippen molar-refractivity contribution >= 4 is 29.2 Å². The summed E-state index contributed by atoms with van der Waals surface area (Å²) >= 11 is 11.7. The van der Waals surface area contributed by atoms with Crippen LogP contribution in [0.4, 0.5) is 0 Å². The highest BCUT2D eigenvalue weighted by Crippen LogP contribution is 2.33. The Kier molecular flexibility index (Phi) is 5.08. The molecule has 0 saturated carbocycles. The van der Waals surface area contributed by atoms with Crippen molar-refractivity contribution in [3.8, 4) is 11.8 Å². The van der Waals surface area contributed by atoms with Gasteiger partial charge in [0.05, 0.1) is 28.3 Å². The van der Waals surface area contributed by atoms with Crippen molar-refractivity contribution in [2.24, 2.45) is 0 Å². The second-order valence-corrected chi connectivity index (χ2v) is 3.79. The Morgan fingerprint density at radius 1 is 1.41 bits per heavy atom. The highest BCUT2D eigenvalue weighted by atomic mass is 35.5. The summed E-state index contributed by atoms with van der Waals surface area (Å²) in [6, 6.07) is 4.73. The number of rotatable bonds is 4. The Hall–Kier alpha value is -1.44. The first-order valence-electron chi connectivity index (χ1n) is 4.76. The molecular weight excluding hydrogens is 265 g/mol. The molecule has 0 aliphatic heterocycles. The third-order valence-electron chi connectivity index (χ3n) is 1.77. The SMILES string of the molecule is CCOC(=O)COc1c(Cl)cc(C#N)cc1Cl. The lowest BCUT2D eigenvalue weighted by Gasteiger charge is -2.09. The quantitative estimate of drug-likeness (QED) is 0.792. The van der Waals surface area contributed by atoms with Crippen LogP contribution in [0.3, 0.4) is 0 Å². The van der Waals surface area contributed by atoms with Gasteiger partial charge < -0.3 is 9.47 Å². The van der Waals surface area contributed by atoms with E-state index in [-0.39, 0.29) is 29.0 Å². The van der Waals surface area contributed by atoms with Crippen molar-refractivity contribution in [1.82, 2.24) is 0 Å². The Morgan fingerprint density at radius 3 is 2.47 bits per heavy atom. The number of ether oxygens (including phenoxy) is 2. The van der Waals surface area contributed by atoms with Gasteiger partial charge in [0.15, 0.2) is 12.4 Å². The van der Waals surface area contributed by atoms with Gasteiger partial charge in [0.1, 0.15) is 0 Å². The second kappa shape index (κ2) is 6.33. The smallest absolute Gasteiger partial charge is 0.344 e. The molecule has 0 aliphatic carbocycles. The molecule has 0 aliphatic rings. The molecule has 90 valence electrons. The van der Waals surface area contributed by atoms with Gasteiger partial charge in [-0.1, -0.05) is 23.2 Å². The predicted octanol–water partition coefficient (Wildman–Crippen LogP) is 2.81. The molecule has 6 heteroatoms. The molecule has 0 saturated heterocycles. The van der Waals surface area contributed by atoms with Crippen molar-refractivity contribution in [2.75, 3.05) is 13.2 Å². The zero-order valence-electron chi connectivity index (χ0n) is 9.00. The minimum absolute atomic E-state index is 0.167. The van der Waals surface area contributed by atoms with Gasteiger partial charge in [-0.05, 0) is 19.1 Å². The van der Waals surface area contributed by atoms with Crippen LogP contribution in [0.25, 0.3) is 0 Å². The lowest BCUT2D eigenvalue weighted by Crippen LogP contribution is -2.14. The highest BCUT2D eigenvalue weighted by molar-refractivity contribution is 6.37. The summed E-state index contributed by atoms with van der Waals surface area (Å²) in [6.45, 7) is 1.69. The average molecular weight is 274 g/mol. The molecule has 0 fully saturated rings. The maximum Gasteiger partial charge on any atom is 0.344 e. The van der Waals surface area contributed by atoms with Gasteiger partial charge in [0.25, 0.3) is 0 Å². The van der Waals surface area contributed by atoms with Crippen LogP contribution in [-0.4, -0.2) is 19.2 Å². The van der Waals surface area contributed by atoms with E-state index in [1.165, 1.54) is 12.1 Å². The first-order valence-corrected chi connectivity index (χ1v) is 5.51. The van der Waals surface area contributed by atoms with E-state index < -0.39 is 5.97 Å². The first kappa shape index (κ1) is 13.6. The van der Waals surface area contributed by atoms with Crippen LogP contribution in [0.2, 0.25) is 10.0 Å². The third-order valence-corrected chi connectivity index (χ3v) is 2.33. The van der Waals surface area contributed by atoms with E-state index in [0.717, 1.165) is 0 Å². The van der Waals surface area contributed by atoms with Gasteiger partial charge in [-0.3, -0.25) is 0 Å². The molecule has 4 nitrogen and oxygen atoms in total. The van der Waals surface area contributed by atoms with Crippen LogP contribution < -0.4 is 4.74 Å². The molecule has 1 rings (SSSR count). The van der Waals surface area contributed by atoms with Gasteiger partial charge in [0, 0.05) is 0 Å². The van der Waals surface area contributed by atoms with E-state index in [9.17, 15) is 4.79 Å². The molecule has 0 aromatic heterocycles. The van der Waals surface area contributed by atoms with Crippen LogP contribution in [-0.2, 0) is 9.53 Å². The summed E-state index contributed by atoms with van der Waals surface area (Å²) in [6.07, 6.45) is 0. The van der Waals surface area contributed by atoms with Gasteiger partial charge in [-0.2, -0.15) is 5.26 Å². The fourth-order valence-corrected chi connectivity index (χ4v) is 1.69. The summed E-state index contributed by atoms with van der Waals surface area (Å²) in [7, 11) is 0. The molecule has 0 N–H and O–H groups in total. The maximum atomic E-state index is 11.1. The number of nitriles is 1. The monoisotopic (exact) mass is 273 g/mol. The lowest BCUT2D eigenvalue weighted by atomic mass is 10.2. The molecule has 0 heterocycles. The Balaban J connectivity index is 2.79. The van der Waals surface area contributed by atoms with Gasteiger partial charge in [0.2, 0.25) is 0 Å². The summed E-state index contributed by atoms with van der Waals surface area (Å²) in [4.78, 5) is 11.1. The standard InChI is InChI=1S/C11H9Cl2NO3/c1-2-16-10(15)6-17-11-8(12)3-7(5-14)4-9(11)13/h3-4H,2,6H2,1H3. The minimum Gasteiger partial charge on any atom is -0.479 e. The first-order chi connectivity index (χ1) is 8.08. The van der Waals surface area contributed by atoms with Crippen molar-refractivity contribution in [1.29, 1.82) is 5.26 Å². The van der Waals surface area contributed by atoms with E-state index in [1.807, 2.05) is 6.07 Å². The topological polar surface area (TPSA) is 59.3 Å². The largest absolute Gasteiger partial charge is 0.479 e. The second-order valence-electron chi connectivity index (χ2n) is 2.97. The van der Waals surface area contributed by atoms with Crippen molar-refractivity contribution in [2.45, 2.75) is 6.92 Å². The zero-order chi connectivity index (χ0) is 12.8. The average Bonchev–Trinajstić information content (AvgIpc) is 2.28. The van der Waals surface area contributed by atoms with E-state index in [1.54, 1.807) is 6.92 Å². The molecule has 1 aromatic carbocycles. The predicted molar refractivity (Wildman–Crippen MR) is 63.3 cm³/mol. The molecular formula is C11H9Cl2NO3. The van der Waals surface area contributed by atoms with Crippen LogP contribution >= 0.6 is 23.2 Å². The number of hydrogen-bond acceptors (Lipinski definition) is 4. The van der Waals surface area contributed by atoms with Crippen LogP contribution in [0.1, 0.15) is 12.5 Å². The van der Waals surface area contributed by atoms with Crippen LogP contribution in [0.15, 0.2) is 12.1 Å². The van der Waals surface area contributed by atoms with Crippen LogP contribution in [0, 0.1) is 11.3 Å². The number of hydrogen-bond donors (Lipinski definition) is 0. The van der Waals surface area contributed by atoms with Crippen molar-refractivity contribution < 1.29 is 14.3 Å². The lowest BCUT2D eigenvalue weighted by molar-refractivity contribution is -0.145. The number of halogens is 2. The van der Waals surface area contributed by atoms with E-state index in [4.69, 9.17) is 33.2 Å².